The lowest BCUT2D eigenvalue weighted by Crippen LogP contribution is -2.53. The van der Waals surface area contributed by atoms with Gasteiger partial charge in [-0.25, -0.2) is 23.8 Å². The number of fused-ring (bicyclic) bond motifs is 1. The number of rotatable bonds is 7. The molecule has 6 rings (SSSR count). The Morgan fingerprint density at radius 2 is 2.02 bits per heavy atom. The van der Waals surface area contributed by atoms with Crippen LogP contribution in [-0.2, 0) is 9.53 Å². The zero-order valence-corrected chi connectivity index (χ0v) is 25.4. The second-order valence-electron chi connectivity index (χ2n) is 10.7. The summed E-state index contributed by atoms with van der Waals surface area (Å²) in [6.45, 7) is 4.07. The minimum Gasteiger partial charge on any atom is -0.478 e. The lowest BCUT2D eigenvalue weighted by molar-refractivity contribution is -0.136. The number of carbonyl (C=O) groups excluding carboxylic acids is 2. The van der Waals surface area contributed by atoms with E-state index < -0.39 is 23.8 Å². The number of methoxy groups -OCH3 is 1. The highest BCUT2D eigenvalue weighted by Gasteiger charge is 2.42. The number of urea groups is 1. The number of nitrogens with one attached hydrogen (secondary N) is 1. The van der Waals surface area contributed by atoms with E-state index in [-0.39, 0.29) is 28.2 Å². The van der Waals surface area contributed by atoms with Crippen molar-refractivity contribution < 1.29 is 28.6 Å². The molecule has 0 bridgehead atoms. The van der Waals surface area contributed by atoms with Crippen molar-refractivity contribution in [2.75, 3.05) is 44.7 Å². The van der Waals surface area contributed by atoms with E-state index in [4.69, 9.17) is 21.3 Å². The molecule has 0 spiro atoms. The van der Waals surface area contributed by atoms with Crippen LogP contribution in [0.4, 0.5) is 14.9 Å². The number of halogens is 2. The molecule has 3 aromatic rings. The fourth-order valence-corrected chi connectivity index (χ4v) is 6.76. The Morgan fingerprint density at radius 1 is 1.20 bits per heavy atom. The van der Waals surface area contributed by atoms with Gasteiger partial charge >= 0.3 is 18.0 Å². The van der Waals surface area contributed by atoms with Gasteiger partial charge in [0, 0.05) is 66.3 Å². The zero-order chi connectivity index (χ0) is 31.1. The summed E-state index contributed by atoms with van der Waals surface area (Å²) in [6.07, 6.45) is 1.66. The molecule has 2 fully saturated rings. The number of aryl methyl sites for hydroxylation is 1. The molecule has 0 unspecified atom stereocenters. The Kier molecular flexibility index (Phi) is 8.10. The number of anilines is 1. The summed E-state index contributed by atoms with van der Waals surface area (Å²) in [4.78, 5) is 52.9. The first-order valence-electron chi connectivity index (χ1n) is 13.8. The summed E-state index contributed by atoms with van der Waals surface area (Å²) in [5.41, 5.74) is 2.80. The monoisotopic (exact) mass is 638 g/mol. The number of hydrogen-bond donors (Lipinski definition) is 2. The van der Waals surface area contributed by atoms with E-state index in [1.165, 1.54) is 42.7 Å². The van der Waals surface area contributed by atoms with Gasteiger partial charge in [0.1, 0.15) is 11.9 Å². The van der Waals surface area contributed by atoms with Crippen molar-refractivity contribution in [3.63, 3.8) is 0 Å². The van der Waals surface area contributed by atoms with Crippen LogP contribution in [0.2, 0.25) is 5.02 Å². The summed E-state index contributed by atoms with van der Waals surface area (Å²) in [5, 5.41) is 15.2. The maximum Gasteiger partial charge on any atom is 0.338 e. The Bertz CT molecular complexity index is 1710. The van der Waals surface area contributed by atoms with Gasteiger partial charge in [0.25, 0.3) is 0 Å². The molecular formula is C30H28ClFN6O5S. The first-order valence-corrected chi connectivity index (χ1v) is 15.1. The van der Waals surface area contributed by atoms with Crippen molar-refractivity contribution in [1.29, 1.82) is 0 Å². The van der Waals surface area contributed by atoms with Crippen LogP contribution in [-0.4, -0.2) is 89.6 Å². The molecule has 1 aromatic heterocycles. The summed E-state index contributed by atoms with van der Waals surface area (Å²) in [6, 6.07) is 7.59. The SMILES string of the molecule is COC(=O)C1=C(CN2CCN3C(=O)N(c4ccc(C(=O)O)cc4C)C[C@@H]3C2)NC(c2nccs2)=N[C@H]1c1ccc(F)cc1Cl. The first-order chi connectivity index (χ1) is 21.1. The highest BCUT2D eigenvalue weighted by molar-refractivity contribution is 7.11. The minimum atomic E-state index is -1.02. The molecule has 2 N–H and O–H groups in total. The number of ether oxygens (including phenoxy) is 1. The molecule has 2 atom stereocenters. The second kappa shape index (κ2) is 12.0. The van der Waals surface area contributed by atoms with Gasteiger partial charge < -0.3 is 20.1 Å². The number of piperazine rings is 1. The van der Waals surface area contributed by atoms with Crippen LogP contribution in [0.5, 0.6) is 0 Å². The molecule has 14 heteroatoms. The number of aliphatic imine (C=N–C) groups is 1. The summed E-state index contributed by atoms with van der Waals surface area (Å²) >= 11 is 7.84. The normalized spacial score (nSPS) is 20.4. The number of amidine groups is 1. The number of nitrogens with zero attached hydrogens (tertiary/aromatic N) is 5. The largest absolute Gasteiger partial charge is 0.478 e. The van der Waals surface area contributed by atoms with Crippen LogP contribution < -0.4 is 10.2 Å². The Balaban J connectivity index is 1.29. The third-order valence-corrected chi connectivity index (χ3v) is 9.08. The molecule has 2 saturated heterocycles. The molecule has 2 aromatic carbocycles. The number of hydrogen-bond acceptors (Lipinski definition) is 9. The second-order valence-corrected chi connectivity index (χ2v) is 12.0. The lowest BCUT2D eigenvalue weighted by Gasteiger charge is -2.38. The average molecular weight is 639 g/mol. The molecule has 4 heterocycles. The number of carboxylic acid groups (broad SMARTS) is 1. The highest BCUT2D eigenvalue weighted by atomic mass is 35.5. The fraction of sp³-hybridized carbons (Fsp3) is 0.300. The van der Waals surface area contributed by atoms with E-state index >= 15 is 0 Å². The van der Waals surface area contributed by atoms with E-state index in [1.807, 2.05) is 10.3 Å². The van der Waals surface area contributed by atoms with Crippen LogP contribution in [0, 0.1) is 12.7 Å². The van der Waals surface area contributed by atoms with Crippen molar-refractivity contribution in [1.82, 2.24) is 20.1 Å². The lowest BCUT2D eigenvalue weighted by atomic mass is 9.95. The molecule has 0 saturated carbocycles. The number of thiazole rings is 1. The van der Waals surface area contributed by atoms with Crippen molar-refractivity contribution in [3.05, 3.63) is 91.8 Å². The van der Waals surface area contributed by atoms with Crippen molar-refractivity contribution in [2.24, 2.45) is 4.99 Å². The summed E-state index contributed by atoms with van der Waals surface area (Å²) < 4.78 is 19.1. The van der Waals surface area contributed by atoms with Gasteiger partial charge in [-0.1, -0.05) is 17.7 Å². The van der Waals surface area contributed by atoms with E-state index in [0.717, 1.165) is 0 Å². The van der Waals surface area contributed by atoms with Gasteiger partial charge in [-0.05, 0) is 42.8 Å². The van der Waals surface area contributed by atoms with E-state index in [0.29, 0.717) is 66.1 Å². The smallest absolute Gasteiger partial charge is 0.338 e. The number of amides is 2. The standard InChI is InChI=1S/C30H28ClFN6O5S/c1-16-11-17(28(39)40)3-6-23(16)38-14-19-13-36(8-9-37(19)30(38)42)15-22-24(29(41)43-2)25(20-5-4-18(32)12-21(20)31)35-26(34-22)27-33-7-10-44-27/h3-7,10-12,19,25H,8-9,13-15H2,1-2H3,(H,34,35)(H,39,40)/t19-,25-/m0/s1. The highest BCUT2D eigenvalue weighted by Crippen LogP contribution is 2.37. The van der Waals surface area contributed by atoms with Gasteiger partial charge in [-0.2, -0.15) is 0 Å². The molecule has 0 aliphatic carbocycles. The fourth-order valence-electron chi connectivity index (χ4n) is 5.90. The van der Waals surface area contributed by atoms with Crippen LogP contribution in [0.1, 0.15) is 32.5 Å². The average Bonchev–Trinajstić information content (AvgIpc) is 3.65. The van der Waals surface area contributed by atoms with Crippen molar-refractivity contribution in [3.8, 4) is 0 Å². The van der Waals surface area contributed by atoms with Gasteiger partial charge in [-0.3, -0.25) is 14.8 Å². The Morgan fingerprint density at radius 3 is 2.70 bits per heavy atom. The molecule has 0 radical (unpaired) electrons. The van der Waals surface area contributed by atoms with Gasteiger partial charge in [-0.15, -0.1) is 11.3 Å². The van der Waals surface area contributed by atoms with Gasteiger partial charge in [0.15, 0.2) is 10.8 Å². The summed E-state index contributed by atoms with van der Waals surface area (Å²) in [5.74, 6) is -1.67. The van der Waals surface area contributed by atoms with Crippen LogP contribution in [0.3, 0.4) is 0 Å². The molecule has 44 heavy (non-hydrogen) atoms. The maximum atomic E-state index is 14.0. The number of carbonyl (C=O) groups is 3. The van der Waals surface area contributed by atoms with Crippen molar-refractivity contribution >= 4 is 52.4 Å². The molecule has 11 nitrogen and oxygen atoms in total. The maximum absolute atomic E-state index is 14.0. The van der Waals surface area contributed by atoms with Crippen molar-refractivity contribution in [2.45, 2.75) is 19.0 Å². The first kappa shape index (κ1) is 29.7. The molecule has 2 amide bonds. The number of aromatic nitrogens is 1. The van der Waals surface area contributed by atoms with E-state index in [2.05, 4.69) is 15.2 Å². The van der Waals surface area contributed by atoms with Crippen LogP contribution in [0.15, 0.2) is 64.2 Å². The molecular weight excluding hydrogens is 611 g/mol. The Labute approximate surface area is 261 Å². The predicted octanol–water partition coefficient (Wildman–Crippen LogP) is 4.09. The van der Waals surface area contributed by atoms with Gasteiger partial charge in [0.05, 0.1) is 24.3 Å². The third-order valence-electron chi connectivity index (χ3n) is 7.98. The molecule has 3 aliphatic heterocycles. The zero-order valence-electron chi connectivity index (χ0n) is 23.8. The Hall–Kier alpha value is -4.33. The van der Waals surface area contributed by atoms with Crippen LogP contribution >= 0.6 is 22.9 Å². The molecule has 3 aliphatic rings. The molecule has 228 valence electrons. The van der Waals surface area contributed by atoms with E-state index in [9.17, 15) is 23.9 Å². The van der Waals surface area contributed by atoms with Gasteiger partial charge in [0.2, 0.25) is 0 Å². The quantitative estimate of drug-likeness (QED) is 0.371. The number of esters is 1. The topological polar surface area (TPSA) is 128 Å². The third kappa shape index (κ3) is 5.53. The summed E-state index contributed by atoms with van der Waals surface area (Å²) in [7, 11) is 1.29. The number of carboxylic acids is 1. The number of aromatic carboxylic acids is 1. The van der Waals surface area contributed by atoms with E-state index in [1.54, 1.807) is 30.2 Å². The number of benzene rings is 2. The minimum absolute atomic E-state index is 0.129. The van der Waals surface area contributed by atoms with Crippen LogP contribution in [0.25, 0.3) is 0 Å². The predicted molar refractivity (Wildman–Crippen MR) is 163 cm³/mol.